The number of amides is 1. The molecule has 1 amide bonds. The molecule has 8 heteroatoms. The first-order valence-corrected chi connectivity index (χ1v) is 8.93. The molecule has 0 saturated carbocycles. The molecule has 4 rings (SSSR count). The maximum absolute atomic E-state index is 12.1. The van der Waals surface area contributed by atoms with Gasteiger partial charge in [0.15, 0.2) is 18.1 Å². The first-order valence-electron chi connectivity index (χ1n) is 8.93. The number of nitrogens with zero attached hydrogens (tertiary/aromatic N) is 3. The van der Waals surface area contributed by atoms with Gasteiger partial charge in [-0.25, -0.2) is 0 Å². The minimum absolute atomic E-state index is 0.122. The zero-order valence-electron chi connectivity index (χ0n) is 15.6. The number of fused-ring (bicyclic) bond motifs is 1. The molecule has 1 aliphatic rings. The van der Waals surface area contributed by atoms with E-state index in [9.17, 15) is 4.79 Å². The Bertz CT molecular complexity index is 985. The lowest BCUT2D eigenvalue weighted by molar-refractivity contribution is -0.123. The molecular formula is C20H20N4O4. The molecule has 1 aliphatic heterocycles. The van der Waals surface area contributed by atoms with Crippen molar-refractivity contribution in [2.24, 2.45) is 0 Å². The summed E-state index contributed by atoms with van der Waals surface area (Å²) in [6.45, 7) is 4.03. The van der Waals surface area contributed by atoms with Crippen molar-refractivity contribution in [2.75, 3.05) is 6.61 Å². The molecule has 2 aromatic heterocycles. The molecule has 0 fully saturated rings. The fraction of sp³-hybridized carbons (Fsp3) is 0.300. The van der Waals surface area contributed by atoms with E-state index in [0.717, 1.165) is 17.5 Å². The average molecular weight is 380 g/mol. The molecule has 0 saturated heterocycles. The van der Waals surface area contributed by atoms with Crippen molar-refractivity contribution in [1.82, 2.24) is 20.4 Å². The van der Waals surface area contributed by atoms with Gasteiger partial charge in [0.2, 0.25) is 11.7 Å². The Morgan fingerprint density at radius 1 is 1.25 bits per heavy atom. The molecule has 28 heavy (non-hydrogen) atoms. The van der Waals surface area contributed by atoms with E-state index in [1.54, 1.807) is 30.6 Å². The standard InChI is InChI=1S/C20H20N4O4/c1-20(2)10-14-4-3-5-15(18(14)27-20)26-12-16(25)22-11-17-23-19(24-28-17)13-6-8-21-9-7-13/h3-9H,10-12H2,1-2H3,(H,22,25). The van der Waals surface area contributed by atoms with Crippen molar-refractivity contribution < 1.29 is 18.8 Å². The number of benzene rings is 1. The summed E-state index contributed by atoms with van der Waals surface area (Å²) in [5.41, 5.74) is 1.60. The lowest BCUT2D eigenvalue weighted by atomic mass is 10.0. The molecule has 144 valence electrons. The van der Waals surface area contributed by atoms with Gasteiger partial charge in [-0.2, -0.15) is 4.98 Å². The van der Waals surface area contributed by atoms with E-state index < -0.39 is 0 Å². The maximum Gasteiger partial charge on any atom is 0.258 e. The van der Waals surface area contributed by atoms with Crippen molar-refractivity contribution in [2.45, 2.75) is 32.4 Å². The SMILES string of the molecule is CC1(C)Cc2cccc(OCC(=O)NCc3nc(-c4ccncc4)no3)c2O1. The van der Waals surface area contributed by atoms with E-state index in [1.807, 2.05) is 26.0 Å². The van der Waals surface area contributed by atoms with Crippen LogP contribution in [0.2, 0.25) is 0 Å². The topological polar surface area (TPSA) is 99.4 Å². The molecule has 3 aromatic rings. The van der Waals surface area contributed by atoms with Gasteiger partial charge < -0.3 is 19.3 Å². The van der Waals surface area contributed by atoms with Gasteiger partial charge in [0.25, 0.3) is 5.91 Å². The number of nitrogens with one attached hydrogen (secondary N) is 1. The van der Waals surface area contributed by atoms with E-state index in [4.69, 9.17) is 14.0 Å². The van der Waals surface area contributed by atoms with Crippen LogP contribution in [0.15, 0.2) is 47.2 Å². The van der Waals surface area contributed by atoms with Gasteiger partial charge in [0, 0.05) is 29.9 Å². The average Bonchev–Trinajstić information content (AvgIpc) is 3.28. The van der Waals surface area contributed by atoms with Crippen molar-refractivity contribution >= 4 is 5.91 Å². The second-order valence-electron chi connectivity index (χ2n) is 7.10. The van der Waals surface area contributed by atoms with Gasteiger partial charge in [-0.1, -0.05) is 17.3 Å². The quantitative estimate of drug-likeness (QED) is 0.701. The number of rotatable bonds is 6. The summed E-state index contributed by atoms with van der Waals surface area (Å²) in [7, 11) is 0. The van der Waals surface area contributed by atoms with Crippen LogP contribution in [0.3, 0.4) is 0 Å². The van der Waals surface area contributed by atoms with Crippen molar-refractivity contribution in [3.63, 3.8) is 0 Å². The van der Waals surface area contributed by atoms with Crippen LogP contribution < -0.4 is 14.8 Å². The molecule has 0 aliphatic carbocycles. The summed E-state index contributed by atoms with van der Waals surface area (Å²) in [6.07, 6.45) is 4.11. The third kappa shape index (κ3) is 3.95. The van der Waals surface area contributed by atoms with E-state index >= 15 is 0 Å². The first-order chi connectivity index (χ1) is 13.5. The Balaban J connectivity index is 1.31. The van der Waals surface area contributed by atoms with Crippen LogP contribution in [-0.2, 0) is 17.8 Å². The van der Waals surface area contributed by atoms with Crippen molar-refractivity contribution in [1.29, 1.82) is 0 Å². The minimum Gasteiger partial charge on any atom is -0.483 e. The number of para-hydroxylation sites is 1. The first kappa shape index (κ1) is 18.0. The molecule has 0 spiro atoms. The lowest BCUT2D eigenvalue weighted by Gasteiger charge is -2.18. The van der Waals surface area contributed by atoms with Crippen LogP contribution >= 0.6 is 0 Å². The maximum atomic E-state index is 12.1. The minimum atomic E-state index is -0.293. The molecule has 3 heterocycles. The van der Waals surface area contributed by atoms with Gasteiger partial charge in [0.1, 0.15) is 5.60 Å². The van der Waals surface area contributed by atoms with Gasteiger partial charge >= 0.3 is 0 Å². The highest BCUT2D eigenvalue weighted by Gasteiger charge is 2.32. The molecule has 0 unspecified atom stereocenters. The molecule has 1 N–H and O–H groups in total. The molecule has 8 nitrogen and oxygen atoms in total. The summed E-state index contributed by atoms with van der Waals surface area (Å²) >= 11 is 0. The lowest BCUT2D eigenvalue weighted by Crippen LogP contribution is -2.28. The van der Waals surface area contributed by atoms with Gasteiger partial charge in [0.05, 0.1) is 6.54 Å². The molecule has 1 aromatic carbocycles. The summed E-state index contributed by atoms with van der Waals surface area (Å²) in [4.78, 5) is 20.3. The Hall–Kier alpha value is -3.42. The molecule has 0 bridgehead atoms. The molecule has 0 atom stereocenters. The normalized spacial score (nSPS) is 14.2. The number of aromatic nitrogens is 3. The van der Waals surface area contributed by atoms with Crippen LogP contribution in [0.25, 0.3) is 11.4 Å². The third-order valence-corrected chi connectivity index (χ3v) is 4.26. The van der Waals surface area contributed by atoms with Gasteiger partial charge in [-0.15, -0.1) is 0 Å². The van der Waals surface area contributed by atoms with Gasteiger partial charge in [-0.3, -0.25) is 9.78 Å². The number of carbonyl (C=O) groups excluding carboxylic acids is 1. The fourth-order valence-corrected chi connectivity index (χ4v) is 3.01. The zero-order valence-corrected chi connectivity index (χ0v) is 15.6. The summed E-state index contributed by atoms with van der Waals surface area (Å²) in [6, 6.07) is 9.26. The molecule has 0 radical (unpaired) electrons. The zero-order chi connectivity index (χ0) is 19.6. The number of hydrogen-bond acceptors (Lipinski definition) is 7. The number of ether oxygens (including phenoxy) is 2. The summed E-state index contributed by atoms with van der Waals surface area (Å²) in [5.74, 6) is 1.74. The summed E-state index contributed by atoms with van der Waals surface area (Å²) in [5, 5.41) is 6.60. The number of carbonyl (C=O) groups is 1. The van der Waals surface area contributed by atoms with Crippen LogP contribution in [0.4, 0.5) is 0 Å². The van der Waals surface area contributed by atoms with Crippen LogP contribution in [0.5, 0.6) is 11.5 Å². The molecular weight excluding hydrogens is 360 g/mol. The largest absolute Gasteiger partial charge is 0.483 e. The number of hydrogen-bond donors (Lipinski definition) is 1. The highest BCUT2D eigenvalue weighted by atomic mass is 16.5. The Labute approximate surface area is 161 Å². The summed E-state index contributed by atoms with van der Waals surface area (Å²) < 4.78 is 16.8. The Morgan fingerprint density at radius 2 is 2.07 bits per heavy atom. The van der Waals surface area contributed by atoms with E-state index in [1.165, 1.54) is 0 Å². The monoisotopic (exact) mass is 380 g/mol. The van der Waals surface area contributed by atoms with Crippen LogP contribution in [0.1, 0.15) is 25.3 Å². The van der Waals surface area contributed by atoms with E-state index in [-0.39, 0.29) is 24.7 Å². The van der Waals surface area contributed by atoms with E-state index in [0.29, 0.717) is 23.2 Å². The Morgan fingerprint density at radius 3 is 2.89 bits per heavy atom. The predicted octanol–water partition coefficient (Wildman–Crippen LogP) is 2.54. The van der Waals surface area contributed by atoms with Crippen molar-refractivity contribution in [3.8, 4) is 22.9 Å². The van der Waals surface area contributed by atoms with Crippen molar-refractivity contribution in [3.05, 3.63) is 54.2 Å². The second kappa shape index (κ2) is 7.30. The van der Waals surface area contributed by atoms with Gasteiger partial charge in [-0.05, 0) is 32.0 Å². The smallest absolute Gasteiger partial charge is 0.258 e. The second-order valence-corrected chi connectivity index (χ2v) is 7.10. The Kier molecular flexibility index (Phi) is 4.68. The van der Waals surface area contributed by atoms with Crippen LogP contribution in [-0.4, -0.2) is 33.2 Å². The fourth-order valence-electron chi connectivity index (χ4n) is 3.01. The van der Waals surface area contributed by atoms with E-state index in [2.05, 4.69) is 20.4 Å². The number of pyridine rings is 1. The third-order valence-electron chi connectivity index (χ3n) is 4.26. The predicted molar refractivity (Wildman–Crippen MR) is 99.7 cm³/mol. The van der Waals surface area contributed by atoms with Crippen LogP contribution in [0, 0.1) is 0 Å². The highest BCUT2D eigenvalue weighted by molar-refractivity contribution is 5.77. The highest BCUT2D eigenvalue weighted by Crippen LogP contribution is 2.41.